The van der Waals surface area contributed by atoms with Gasteiger partial charge in [0.25, 0.3) is 11.8 Å². The minimum atomic E-state index is -4.69. The molecule has 9 nitrogen and oxygen atoms in total. The summed E-state index contributed by atoms with van der Waals surface area (Å²) < 4.78 is 15.6. The van der Waals surface area contributed by atoms with E-state index in [0.29, 0.717) is 18.1 Å². The van der Waals surface area contributed by atoms with Crippen molar-refractivity contribution < 1.29 is 33.3 Å². The second-order valence-electron chi connectivity index (χ2n) is 8.03. The summed E-state index contributed by atoms with van der Waals surface area (Å²) in [5.74, 6) is -0.296. The van der Waals surface area contributed by atoms with Gasteiger partial charge in [-0.1, -0.05) is 31.4 Å². The minimum Gasteiger partial charge on any atom is -0.404 e. The summed E-state index contributed by atoms with van der Waals surface area (Å²) in [6.07, 6.45) is 5.63. The lowest BCUT2D eigenvalue weighted by molar-refractivity contribution is -0.143. The molecule has 1 saturated carbocycles. The second-order valence-corrected chi connectivity index (χ2v) is 9.19. The van der Waals surface area contributed by atoms with Crippen LogP contribution in [0.15, 0.2) is 48.5 Å². The van der Waals surface area contributed by atoms with Crippen LogP contribution in [0.1, 0.15) is 58.4 Å². The summed E-state index contributed by atoms with van der Waals surface area (Å²) in [5.41, 5.74) is 1.49. The van der Waals surface area contributed by atoms with E-state index in [0.717, 1.165) is 31.2 Å². The number of hydroxylamine groups is 2. The molecule has 0 spiro atoms. The summed E-state index contributed by atoms with van der Waals surface area (Å²) >= 11 is 0. The molecule has 178 valence electrons. The number of phosphoric ester groups is 1. The smallest absolute Gasteiger partial charge is 0.404 e. The van der Waals surface area contributed by atoms with E-state index in [9.17, 15) is 14.2 Å². The normalized spacial score (nSPS) is 14.5. The highest BCUT2D eigenvalue weighted by atomic mass is 31.2. The summed E-state index contributed by atoms with van der Waals surface area (Å²) in [4.78, 5) is 49.0. The Hall–Kier alpha value is -2.71. The monoisotopic (exact) mass is 476 g/mol. The third-order valence-corrected chi connectivity index (χ3v) is 5.93. The second kappa shape index (κ2) is 11.4. The van der Waals surface area contributed by atoms with Crippen LogP contribution in [0, 0.1) is 5.92 Å². The van der Waals surface area contributed by atoms with Crippen molar-refractivity contribution in [3.05, 3.63) is 65.2 Å². The van der Waals surface area contributed by atoms with Crippen molar-refractivity contribution >= 4 is 19.6 Å². The lowest BCUT2D eigenvalue weighted by atomic mass is 9.90. The zero-order chi connectivity index (χ0) is 23.8. The third-order valence-electron chi connectivity index (χ3n) is 5.49. The van der Waals surface area contributed by atoms with Crippen LogP contribution in [-0.4, -0.2) is 40.3 Å². The molecule has 0 heterocycles. The number of carbonyl (C=O) groups excluding carboxylic acids is 2. The molecule has 33 heavy (non-hydrogen) atoms. The van der Waals surface area contributed by atoms with Crippen LogP contribution < -0.4 is 9.84 Å². The molecule has 0 aromatic heterocycles. The molecule has 1 aliphatic carbocycles. The van der Waals surface area contributed by atoms with Gasteiger partial charge < -0.3 is 9.84 Å². The maximum Gasteiger partial charge on any atom is 0.524 e. The van der Waals surface area contributed by atoms with Crippen molar-refractivity contribution in [1.82, 2.24) is 10.4 Å². The maximum atomic E-state index is 13.2. The molecule has 1 aliphatic rings. The number of hydrogen-bond acceptors (Lipinski definition) is 5. The first-order chi connectivity index (χ1) is 15.7. The number of phosphoric acid groups is 1. The molecule has 0 bridgehead atoms. The highest BCUT2D eigenvalue weighted by molar-refractivity contribution is 7.46. The van der Waals surface area contributed by atoms with Gasteiger partial charge in [0.2, 0.25) is 0 Å². The highest BCUT2D eigenvalue weighted by Crippen LogP contribution is 2.37. The Morgan fingerprint density at radius 1 is 1.06 bits per heavy atom. The molecule has 10 heteroatoms. The van der Waals surface area contributed by atoms with Crippen molar-refractivity contribution in [2.75, 3.05) is 13.7 Å². The van der Waals surface area contributed by atoms with Crippen LogP contribution in [0.5, 0.6) is 5.75 Å². The first-order valence-corrected chi connectivity index (χ1v) is 12.4. The van der Waals surface area contributed by atoms with Crippen LogP contribution in [0.25, 0.3) is 0 Å². The maximum absolute atomic E-state index is 13.2. The first-order valence-electron chi connectivity index (χ1n) is 10.9. The molecule has 0 atom stereocenters. The number of benzene rings is 2. The van der Waals surface area contributed by atoms with Gasteiger partial charge in [-0.15, -0.1) is 0 Å². The largest absolute Gasteiger partial charge is 0.524 e. The van der Waals surface area contributed by atoms with Crippen LogP contribution in [-0.2, 0) is 15.9 Å². The number of rotatable bonds is 9. The van der Waals surface area contributed by atoms with Gasteiger partial charge >= 0.3 is 7.82 Å². The molecule has 0 radical (unpaired) electrons. The Labute approximate surface area is 192 Å². The quantitative estimate of drug-likeness (QED) is 0.372. The molecular weight excluding hydrogens is 447 g/mol. The standard InChI is InChI=1S/C23H29N2O7P/c1-24-22(26)20-9-5-8-18(14-20)15-25(31-16-17-6-3-2-4-7-17)23(27)19-10-12-21(13-11-19)32-33(28,29)30/h5,8-14,17H,2-4,6-7,15-16H2,1H3,(H,24,26)(H2,28,29,30). The average molecular weight is 476 g/mol. The lowest BCUT2D eigenvalue weighted by Crippen LogP contribution is -2.33. The minimum absolute atomic E-state index is 0.0483. The Morgan fingerprint density at radius 2 is 1.76 bits per heavy atom. The Kier molecular flexibility index (Phi) is 8.63. The van der Waals surface area contributed by atoms with E-state index in [-0.39, 0.29) is 23.8 Å². The predicted molar refractivity (Wildman–Crippen MR) is 121 cm³/mol. The highest BCUT2D eigenvalue weighted by Gasteiger charge is 2.22. The Bertz CT molecular complexity index is 1000. The summed E-state index contributed by atoms with van der Waals surface area (Å²) in [7, 11) is -3.13. The van der Waals surface area contributed by atoms with Crippen molar-refractivity contribution in [2.45, 2.75) is 38.6 Å². The van der Waals surface area contributed by atoms with Gasteiger partial charge in [-0.25, -0.2) is 9.63 Å². The van der Waals surface area contributed by atoms with Gasteiger partial charge in [0.1, 0.15) is 5.75 Å². The Morgan fingerprint density at radius 3 is 2.39 bits per heavy atom. The number of hydrogen-bond donors (Lipinski definition) is 3. The predicted octanol–water partition coefficient (Wildman–Crippen LogP) is 3.67. The van der Waals surface area contributed by atoms with E-state index in [2.05, 4.69) is 9.84 Å². The number of nitrogens with one attached hydrogen (secondary N) is 1. The molecule has 2 aromatic rings. The fourth-order valence-corrected chi connectivity index (χ4v) is 4.18. The van der Waals surface area contributed by atoms with Crippen molar-refractivity contribution in [3.63, 3.8) is 0 Å². The van der Waals surface area contributed by atoms with E-state index in [1.54, 1.807) is 25.2 Å². The van der Waals surface area contributed by atoms with Gasteiger partial charge in [0.15, 0.2) is 0 Å². The topological polar surface area (TPSA) is 125 Å². The van der Waals surface area contributed by atoms with E-state index < -0.39 is 13.7 Å². The molecule has 0 unspecified atom stereocenters. The van der Waals surface area contributed by atoms with Crippen LogP contribution in [0.3, 0.4) is 0 Å². The van der Waals surface area contributed by atoms with Gasteiger partial charge in [-0.3, -0.25) is 24.2 Å². The van der Waals surface area contributed by atoms with Crippen LogP contribution in [0.4, 0.5) is 0 Å². The fraction of sp³-hybridized carbons (Fsp3) is 0.391. The third kappa shape index (κ3) is 7.68. The number of carbonyl (C=O) groups is 2. The number of nitrogens with zero attached hydrogens (tertiary/aromatic N) is 1. The summed E-state index contributed by atoms with van der Waals surface area (Å²) in [5, 5.41) is 3.86. The van der Waals surface area contributed by atoms with E-state index in [4.69, 9.17) is 14.6 Å². The molecule has 3 rings (SSSR count). The SMILES string of the molecule is CNC(=O)c1cccc(CN(OCC2CCCCC2)C(=O)c2ccc(OP(=O)(O)O)cc2)c1. The van der Waals surface area contributed by atoms with Crippen molar-refractivity contribution in [1.29, 1.82) is 0 Å². The van der Waals surface area contributed by atoms with Crippen molar-refractivity contribution in [3.8, 4) is 5.75 Å². The van der Waals surface area contributed by atoms with Gasteiger partial charge in [0.05, 0.1) is 13.2 Å². The van der Waals surface area contributed by atoms with E-state index in [1.165, 1.54) is 35.7 Å². The van der Waals surface area contributed by atoms with E-state index >= 15 is 0 Å². The molecule has 2 aromatic carbocycles. The molecular formula is C23H29N2O7P. The molecule has 2 amide bonds. The first kappa shape index (κ1) is 24.9. The van der Waals surface area contributed by atoms with Crippen LogP contribution in [0.2, 0.25) is 0 Å². The van der Waals surface area contributed by atoms with Gasteiger partial charge in [-0.2, -0.15) is 0 Å². The van der Waals surface area contributed by atoms with Gasteiger partial charge in [-0.05, 0) is 60.7 Å². The molecule has 0 aliphatic heterocycles. The van der Waals surface area contributed by atoms with E-state index in [1.807, 2.05) is 6.07 Å². The molecule has 3 N–H and O–H groups in total. The average Bonchev–Trinajstić information content (AvgIpc) is 2.81. The van der Waals surface area contributed by atoms with Crippen LogP contribution >= 0.6 is 7.82 Å². The molecule has 1 fully saturated rings. The number of amides is 2. The lowest BCUT2D eigenvalue weighted by Gasteiger charge is -2.27. The molecule has 0 saturated heterocycles. The summed E-state index contributed by atoms with van der Waals surface area (Å²) in [6, 6.07) is 12.4. The zero-order valence-corrected chi connectivity index (χ0v) is 19.4. The van der Waals surface area contributed by atoms with Gasteiger partial charge in [0, 0.05) is 18.2 Å². The van der Waals surface area contributed by atoms with Crippen molar-refractivity contribution in [2.24, 2.45) is 5.92 Å². The fourth-order valence-electron chi connectivity index (χ4n) is 3.79. The Balaban J connectivity index is 1.77. The zero-order valence-electron chi connectivity index (χ0n) is 18.5. The summed E-state index contributed by atoms with van der Waals surface area (Å²) in [6.45, 7) is 0.553.